The van der Waals surface area contributed by atoms with E-state index in [0.29, 0.717) is 18.4 Å². The van der Waals surface area contributed by atoms with Gasteiger partial charge in [-0.05, 0) is 26.2 Å². The van der Waals surface area contributed by atoms with Crippen LogP contribution in [0.25, 0.3) is 0 Å². The van der Waals surface area contributed by atoms with E-state index in [9.17, 15) is 5.11 Å². The molecule has 1 atom stereocenters. The van der Waals surface area contributed by atoms with Gasteiger partial charge in [-0.1, -0.05) is 32.1 Å². The topological polar surface area (TPSA) is 50.9 Å². The smallest absolute Gasteiger partial charge is 0.138 e. The van der Waals surface area contributed by atoms with Crippen molar-refractivity contribution in [2.24, 2.45) is 5.92 Å². The lowest BCUT2D eigenvalue weighted by molar-refractivity contribution is 0.126. The summed E-state index contributed by atoms with van der Waals surface area (Å²) in [6.07, 6.45) is 9.48. The van der Waals surface area contributed by atoms with Crippen molar-refractivity contribution in [3.8, 4) is 0 Å². The van der Waals surface area contributed by atoms with Crippen LogP contribution in [0, 0.1) is 5.92 Å². The summed E-state index contributed by atoms with van der Waals surface area (Å²) in [5, 5.41) is 14.4. The summed E-state index contributed by atoms with van der Waals surface area (Å²) in [5.74, 6) is 1.62. The SMILES string of the molecule is CC(C)n1ncnc1CC(O)CC1CCCCC1. The van der Waals surface area contributed by atoms with E-state index in [1.165, 1.54) is 32.1 Å². The normalized spacial score (nSPS) is 19.3. The van der Waals surface area contributed by atoms with Crippen molar-refractivity contribution in [3.63, 3.8) is 0 Å². The molecule has 0 aromatic carbocycles. The van der Waals surface area contributed by atoms with E-state index in [4.69, 9.17) is 0 Å². The van der Waals surface area contributed by atoms with Crippen molar-refractivity contribution in [3.05, 3.63) is 12.2 Å². The number of hydrogen-bond donors (Lipinski definition) is 1. The summed E-state index contributed by atoms with van der Waals surface area (Å²) in [7, 11) is 0. The van der Waals surface area contributed by atoms with Gasteiger partial charge in [0.2, 0.25) is 0 Å². The Hall–Kier alpha value is -0.900. The van der Waals surface area contributed by atoms with E-state index in [2.05, 4.69) is 23.9 Å². The number of rotatable bonds is 5. The van der Waals surface area contributed by atoms with Crippen LogP contribution in [-0.2, 0) is 6.42 Å². The van der Waals surface area contributed by atoms with Gasteiger partial charge in [0.15, 0.2) is 0 Å². The first-order valence-electron chi connectivity index (χ1n) is 7.23. The maximum Gasteiger partial charge on any atom is 0.138 e. The molecule has 102 valence electrons. The predicted molar refractivity (Wildman–Crippen MR) is 71.3 cm³/mol. The molecule has 0 radical (unpaired) electrons. The van der Waals surface area contributed by atoms with Gasteiger partial charge in [0.05, 0.1) is 6.10 Å². The van der Waals surface area contributed by atoms with Gasteiger partial charge in [0.25, 0.3) is 0 Å². The molecule has 1 aromatic rings. The van der Waals surface area contributed by atoms with E-state index >= 15 is 0 Å². The molecule has 2 rings (SSSR count). The predicted octanol–water partition coefficient (Wildman–Crippen LogP) is 2.73. The fourth-order valence-electron chi connectivity index (χ4n) is 2.95. The fraction of sp³-hybridized carbons (Fsp3) is 0.857. The van der Waals surface area contributed by atoms with E-state index in [0.717, 1.165) is 12.2 Å². The quantitative estimate of drug-likeness (QED) is 0.875. The molecule has 0 aliphatic heterocycles. The lowest BCUT2D eigenvalue weighted by Crippen LogP contribution is -2.21. The van der Waals surface area contributed by atoms with Crippen molar-refractivity contribution in [2.45, 2.75) is 70.9 Å². The van der Waals surface area contributed by atoms with Crippen LogP contribution in [0.3, 0.4) is 0 Å². The number of nitrogens with zero attached hydrogens (tertiary/aromatic N) is 3. The summed E-state index contributed by atoms with van der Waals surface area (Å²) >= 11 is 0. The van der Waals surface area contributed by atoms with Gasteiger partial charge in [-0.15, -0.1) is 0 Å². The molecule has 4 nitrogen and oxygen atoms in total. The van der Waals surface area contributed by atoms with Crippen LogP contribution < -0.4 is 0 Å². The molecule has 4 heteroatoms. The molecule has 0 saturated heterocycles. The third kappa shape index (κ3) is 3.55. The van der Waals surface area contributed by atoms with Crippen molar-refractivity contribution in [1.82, 2.24) is 14.8 Å². The van der Waals surface area contributed by atoms with Crippen LogP contribution in [0.1, 0.15) is 64.2 Å². The van der Waals surface area contributed by atoms with Crippen LogP contribution in [0.4, 0.5) is 0 Å². The average molecular weight is 251 g/mol. The van der Waals surface area contributed by atoms with Gasteiger partial charge in [0.1, 0.15) is 12.2 Å². The van der Waals surface area contributed by atoms with Gasteiger partial charge >= 0.3 is 0 Å². The maximum absolute atomic E-state index is 10.2. The van der Waals surface area contributed by atoms with Gasteiger partial charge in [-0.3, -0.25) is 0 Å². The zero-order chi connectivity index (χ0) is 13.0. The van der Waals surface area contributed by atoms with Gasteiger partial charge in [-0.25, -0.2) is 9.67 Å². The molecular formula is C14H25N3O. The lowest BCUT2D eigenvalue weighted by atomic mass is 9.85. The number of hydrogen-bond acceptors (Lipinski definition) is 3. The van der Waals surface area contributed by atoms with Gasteiger partial charge < -0.3 is 5.11 Å². The third-order valence-corrected chi connectivity index (χ3v) is 3.88. The van der Waals surface area contributed by atoms with Gasteiger partial charge in [0, 0.05) is 12.5 Å². The standard InChI is InChI=1S/C14H25N3O/c1-11(2)17-14(15-10-16-17)9-13(18)8-12-6-4-3-5-7-12/h10-13,18H,3-9H2,1-2H3. The minimum absolute atomic E-state index is 0.269. The highest BCUT2D eigenvalue weighted by molar-refractivity contribution is 4.89. The summed E-state index contributed by atoms with van der Waals surface area (Å²) in [4.78, 5) is 4.26. The highest BCUT2D eigenvalue weighted by Crippen LogP contribution is 2.28. The van der Waals surface area contributed by atoms with Crippen molar-refractivity contribution < 1.29 is 5.11 Å². The van der Waals surface area contributed by atoms with Crippen molar-refractivity contribution in [1.29, 1.82) is 0 Å². The van der Waals surface area contributed by atoms with Crippen LogP contribution >= 0.6 is 0 Å². The Morgan fingerprint density at radius 2 is 2.06 bits per heavy atom. The molecule has 1 aliphatic rings. The highest BCUT2D eigenvalue weighted by atomic mass is 16.3. The van der Waals surface area contributed by atoms with Gasteiger partial charge in [-0.2, -0.15) is 5.10 Å². The molecule has 0 amide bonds. The molecule has 1 heterocycles. The Labute approximate surface area is 109 Å². The number of aromatic nitrogens is 3. The Balaban J connectivity index is 1.86. The monoisotopic (exact) mass is 251 g/mol. The second-order valence-corrected chi connectivity index (χ2v) is 5.81. The minimum atomic E-state index is -0.269. The van der Waals surface area contributed by atoms with Crippen molar-refractivity contribution in [2.75, 3.05) is 0 Å². The average Bonchev–Trinajstić information content (AvgIpc) is 2.78. The first-order chi connectivity index (χ1) is 8.66. The molecule has 1 unspecified atom stereocenters. The second kappa shape index (κ2) is 6.32. The number of aliphatic hydroxyl groups excluding tert-OH is 1. The summed E-state index contributed by atoms with van der Waals surface area (Å²) < 4.78 is 1.91. The third-order valence-electron chi connectivity index (χ3n) is 3.88. The Morgan fingerprint density at radius 1 is 1.33 bits per heavy atom. The van der Waals surface area contributed by atoms with E-state index in [1.807, 2.05) is 4.68 Å². The first kappa shape index (κ1) is 13.5. The molecule has 1 fully saturated rings. The first-order valence-corrected chi connectivity index (χ1v) is 7.23. The second-order valence-electron chi connectivity index (χ2n) is 5.81. The molecular weight excluding hydrogens is 226 g/mol. The molecule has 0 bridgehead atoms. The summed E-state index contributed by atoms with van der Waals surface area (Å²) in [6.45, 7) is 4.18. The molecule has 1 aromatic heterocycles. The molecule has 1 N–H and O–H groups in total. The van der Waals surface area contributed by atoms with Crippen LogP contribution in [0.15, 0.2) is 6.33 Å². The lowest BCUT2D eigenvalue weighted by Gasteiger charge is -2.24. The summed E-state index contributed by atoms with van der Waals surface area (Å²) in [6, 6.07) is 0.310. The number of aliphatic hydroxyl groups is 1. The Bertz CT molecular complexity index is 356. The molecule has 1 aliphatic carbocycles. The van der Waals surface area contributed by atoms with Crippen LogP contribution in [-0.4, -0.2) is 26.0 Å². The molecule has 1 saturated carbocycles. The largest absolute Gasteiger partial charge is 0.393 e. The van der Waals surface area contributed by atoms with E-state index in [1.54, 1.807) is 6.33 Å². The summed E-state index contributed by atoms with van der Waals surface area (Å²) in [5.41, 5.74) is 0. The van der Waals surface area contributed by atoms with E-state index < -0.39 is 0 Å². The zero-order valence-electron chi connectivity index (χ0n) is 11.5. The zero-order valence-corrected chi connectivity index (χ0v) is 11.5. The molecule has 0 spiro atoms. The molecule has 18 heavy (non-hydrogen) atoms. The van der Waals surface area contributed by atoms with E-state index in [-0.39, 0.29) is 6.10 Å². The fourth-order valence-corrected chi connectivity index (χ4v) is 2.95. The minimum Gasteiger partial charge on any atom is -0.393 e. The van der Waals surface area contributed by atoms with Crippen LogP contribution in [0.2, 0.25) is 0 Å². The Morgan fingerprint density at radius 3 is 2.72 bits per heavy atom. The van der Waals surface area contributed by atoms with Crippen LogP contribution in [0.5, 0.6) is 0 Å². The highest BCUT2D eigenvalue weighted by Gasteiger charge is 2.19. The Kier molecular flexibility index (Phi) is 4.75. The van der Waals surface area contributed by atoms with Crippen molar-refractivity contribution >= 4 is 0 Å². The maximum atomic E-state index is 10.2.